The Labute approximate surface area is 316 Å². The maximum Gasteiger partial charge on any atom is 0.269 e. The first kappa shape index (κ1) is 33.9. The minimum atomic E-state index is -0.459. The van der Waals surface area contributed by atoms with Gasteiger partial charge in [0.25, 0.3) is 11.4 Å². The van der Waals surface area contributed by atoms with E-state index in [1.807, 2.05) is 48.6 Å². The van der Waals surface area contributed by atoms with Gasteiger partial charge in [-0.2, -0.15) is 0 Å². The normalized spacial score (nSPS) is 11.9. The Hall–Kier alpha value is -7.86. The van der Waals surface area contributed by atoms with Crippen LogP contribution < -0.4 is 0 Å². The summed E-state index contributed by atoms with van der Waals surface area (Å²) in [6, 6.07) is 32.2. The average molecular weight is 741 g/mol. The number of nitro groups is 2. The first-order chi connectivity index (χ1) is 27.2. The van der Waals surface area contributed by atoms with Crippen LogP contribution in [-0.2, 0) is 0 Å². The third-order valence-electron chi connectivity index (χ3n) is 9.75. The van der Waals surface area contributed by atoms with Crippen molar-refractivity contribution in [1.82, 2.24) is 19.9 Å². The highest BCUT2D eigenvalue weighted by Crippen LogP contribution is 2.39. The van der Waals surface area contributed by atoms with Gasteiger partial charge < -0.3 is 9.97 Å². The zero-order valence-electron chi connectivity index (χ0n) is 29.0. The molecule has 0 amide bonds. The maximum absolute atomic E-state index is 14.2. The molecule has 0 saturated carbocycles. The van der Waals surface area contributed by atoms with Gasteiger partial charge in [-0.25, -0.2) is 18.7 Å². The SMILES string of the molecule is O=[N+]([O-])c1ccc(-c2c3nc(c(-c4ccc([N+](=O)[O-])cc4)c4ccc([nH]4)c(-c4ccc(F)cc4)c4nc(c(-c5ccc(F)cc5)c5ccc2[nH]5)C=C4)C=C3)cc1. The first-order valence-electron chi connectivity index (χ1n) is 17.4. The third-order valence-corrected chi connectivity index (χ3v) is 9.75. The Bertz CT molecular complexity index is 2770. The van der Waals surface area contributed by atoms with Crippen molar-refractivity contribution < 1.29 is 18.6 Å². The molecule has 0 fully saturated rings. The fourth-order valence-electron chi connectivity index (χ4n) is 7.15. The summed E-state index contributed by atoms with van der Waals surface area (Å²) in [6.07, 6.45) is 7.45. The molecular formula is C44H26F2N6O4. The monoisotopic (exact) mass is 740 g/mol. The molecular weight excluding hydrogens is 715 g/mol. The van der Waals surface area contributed by atoms with Crippen LogP contribution in [0.3, 0.4) is 0 Å². The number of nitro benzene ring substituents is 2. The van der Waals surface area contributed by atoms with Crippen molar-refractivity contribution >= 4 is 57.7 Å². The molecule has 0 unspecified atom stereocenters. The van der Waals surface area contributed by atoms with Crippen molar-refractivity contribution in [2.45, 2.75) is 0 Å². The largest absolute Gasteiger partial charge is 0.354 e. The molecule has 0 saturated heterocycles. The van der Waals surface area contributed by atoms with E-state index in [9.17, 15) is 29.0 Å². The predicted molar refractivity (Wildman–Crippen MR) is 214 cm³/mol. The van der Waals surface area contributed by atoms with Crippen LogP contribution in [0.5, 0.6) is 0 Å². The molecule has 0 aliphatic carbocycles. The van der Waals surface area contributed by atoms with E-state index in [1.165, 1.54) is 48.5 Å². The van der Waals surface area contributed by atoms with Crippen LogP contribution >= 0.6 is 0 Å². The summed E-state index contributed by atoms with van der Waals surface area (Å²) in [5.74, 6) is -0.783. The molecule has 270 valence electrons. The van der Waals surface area contributed by atoms with Crippen molar-refractivity contribution in [2.75, 3.05) is 0 Å². The zero-order valence-corrected chi connectivity index (χ0v) is 29.0. The predicted octanol–water partition coefficient (Wildman–Crippen LogP) is 11.4. The highest BCUT2D eigenvalue weighted by Gasteiger charge is 2.20. The summed E-state index contributed by atoms with van der Waals surface area (Å²) in [4.78, 5) is 39.6. The van der Waals surface area contributed by atoms with Crippen molar-refractivity contribution in [3.05, 3.63) is 176 Å². The fraction of sp³-hybridized carbons (Fsp3) is 0. The number of nitrogens with one attached hydrogen (secondary N) is 2. The van der Waals surface area contributed by atoms with Crippen LogP contribution in [0.2, 0.25) is 0 Å². The molecule has 9 rings (SSSR count). The van der Waals surface area contributed by atoms with E-state index in [0.717, 1.165) is 0 Å². The van der Waals surface area contributed by atoms with Crippen LogP contribution in [-0.4, -0.2) is 29.8 Å². The quantitative estimate of drug-likeness (QED) is 0.128. The molecule has 3 aromatic heterocycles. The van der Waals surface area contributed by atoms with E-state index in [-0.39, 0.29) is 11.4 Å². The summed E-state index contributed by atoms with van der Waals surface area (Å²) < 4.78 is 28.5. The summed E-state index contributed by atoms with van der Waals surface area (Å²) in [5, 5.41) is 23.2. The van der Waals surface area contributed by atoms with Gasteiger partial charge in [-0.1, -0.05) is 24.3 Å². The average Bonchev–Trinajstić information content (AvgIpc) is 4.05. The molecule has 0 radical (unpaired) electrons. The molecule has 0 atom stereocenters. The number of rotatable bonds is 6. The van der Waals surface area contributed by atoms with Crippen LogP contribution in [0, 0.1) is 31.9 Å². The van der Waals surface area contributed by atoms with E-state index in [2.05, 4.69) is 9.97 Å². The van der Waals surface area contributed by atoms with Gasteiger partial charge in [-0.3, -0.25) is 20.2 Å². The van der Waals surface area contributed by atoms with Crippen LogP contribution in [0.1, 0.15) is 22.8 Å². The highest BCUT2D eigenvalue weighted by atomic mass is 19.1. The van der Waals surface area contributed by atoms with E-state index in [4.69, 9.17) is 9.97 Å². The number of aromatic amines is 2. The smallest absolute Gasteiger partial charge is 0.269 e. The minimum absolute atomic E-state index is 0.0657. The number of nitrogens with zero attached hydrogens (tertiary/aromatic N) is 4. The zero-order chi connectivity index (χ0) is 38.5. The summed E-state index contributed by atoms with van der Waals surface area (Å²) >= 11 is 0. The molecule has 12 heteroatoms. The van der Waals surface area contributed by atoms with Crippen LogP contribution in [0.15, 0.2) is 121 Å². The van der Waals surface area contributed by atoms with Gasteiger partial charge in [-0.05, 0) is 119 Å². The lowest BCUT2D eigenvalue weighted by Crippen LogP contribution is -1.91. The van der Waals surface area contributed by atoms with E-state index in [0.29, 0.717) is 89.4 Å². The molecule has 7 aromatic rings. The van der Waals surface area contributed by atoms with Gasteiger partial charge in [0, 0.05) is 68.6 Å². The summed E-state index contributed by atoms with van der Waals surface area (Å²) in [5.41, 5.74) is 10.2. The molecule has 10 nitrogen and oxygen atoms in total. The van der Waals surface area contributed by atoms with Crippen LogP contribution in [0.25, 0.3) is 90.9 Å². The van der Waals surface area contributed by atoms with Crippen molar-refractivity contribution in [1.29, 1.82) is 0 Å². The van der Waals surface area contributed by atoms with Gasteiger partial charge in [0.05, 0.1) is 32.6 Å². The molecule has 2 aliphatic heterocycles. The highest BCUT2D eigenvalue weighted by molar-refractivity contribution is 5.99. The molecule has 2 N–H and O–H groups in total. The molecule has 5 heterocycles. The second-order valence-corrected chi connectivity index (χ2v) is 13.1. The van der Waals surface area contributed by atoms with Gasteiger partial charge >= 0.3 is 0 Å². The fourth-order valence-corrected chi connectivity index (χ4v) is 7.15. The van der Waals surface area contributed by atoms with Crippen molar-refractivity contribution in [3.63, 3.8) is 0 Å². The van der Waals surface area contributed by atoms with E-state index >= 15 is 0 Å². The number of non-ortho nitro benzene ring substituents is 2. The third kappa shape index (κ3) is 6.10. The number of hydrogen-bond donors (Lipinski definition) is 2. The number of fused-ring (bicyclic) bond motifs is 8. The number of halogens is 2. The lowest BCUT2D eigenvalue weighted by molar-refractivity contribution is -0.385. The molecule has 0 spiro atoms. The molecule has 2 aliphatic rings. The van der Waals surface area contributed by atoms with E-state index in [1.54, 1.807) is 48.5 Å². The van der Waals surface area contributed by atoms with Crippen LogP contribution in [0.4, 0.5) is 20.2 Å². The molecule has 56 heavy (non-hydrogen) atoms. The van der Waals surface area contributed by atoms with Crippen molar-refractivity contribution in [3.8, 4) is 44.5 Å². The number of hydrogen-bond acceptors (Lipinski definition) is 6. The second kappa shape index (κ2) is 13.5. The lowest BCUT2D eigenvalue weighted by Gasteiger charge is -2.07. The van der Waals surface area contributed by atoms with E-state index < -0.39 is 21.5 Å². The topological polar surface area (TPSA) is 144 Å². The summed E-state index contributed by atoms with van der Waals surface area (Å²) in [6.45, 7) is 0. The van der Waals surface area contributed by atoms with Gasteiger partial charge in [0.2, 0.25) is 0 Å². The Morgan fingerprint density at radius 2 is 0.643 bits per heavy atom. The first-order valence-corrected chi connectivity index (χ1v) is 17.4. The van der Waals surface area contributed by atoms with Gasteiger partial charge in [0.15, 0.2) is 0 Å². The standard InChI is InChI=1S/C44H26F2N6O4/c45-29-9-1-25(2-10-29)41-33-17-18-34(47-33)42(26-3-11-30(46)12-4-26)36-20-22-38(49-36)44(28-7-15-32(16-8-28)52(55)56)40-24-23-39(50-40)43(37-21-19-35(41)48-37)27-5-13-31(14-6-27)51(53)54/h1-24,48-49H. The number of H-pyrrole nitrogens is 2. The number of benzene rings is 4. The number of aromatic nitrogens is 4. The Morgan fingerprint density at radius 1 is 0.393 bits per heavy atom. The minimum Gasteiger partial charge on any atom is -0.354 e. The Morgan fingerprint density at radius 3 is 0.893 bits per heavy atom. The van der Waals surface area contributed by atoms with Crippen molar-refractivity contribution in [2.24, 2.45) is 0 Å². The Kier molecular flexibility index (Phi) is 8.20. The van der Waals surface area contributed by atoms with Gasteiger partial charge in [0.1, 0.15) is 11.6 Å². The Balaban J connectivity index is 1.44. The molecule has 8 bridgehead atoms. The summed E-state index contributed by atoms with van der Waals surface area (Å²) in [7, 11) is 0. The molecule has 4 aromatic carbocycles. The lowest BCUT2D eigenvalue weighted by atomic mass is 10.0. The maximum atomic E-state index is 14.2. The second-order valence-electron chi connectivity index (χ2n) is 13.1. The van der Waals surface area contributed by atoms with Gasteiger partial charge in [-0.15, -0.1) is 0 Å².